The molecular formula is C11H9ClFN3O. The lowest BCUT2D eigenvalue weighted by Crippen LogP contribution is -1.96. The van der Waals surface area contributed by atoms with E-state index in [1.54, 1.807) is 25.3 Å². The topological polar surface area (TPSA) is 47.0 Å². The first-order valence-corrected chi connectivity index (χ1v) is 5.15. The monoisotopic (exact) mass is 253 g/mol. The van der Waals surface area contributed by atoms with Crippen LogP contribution < -0.4 is 10.1 Å². The molecule has 0 radical (unpaired) electrons. The molecule has 0 atom stereocenters. The predicted molar refractivity (Wildman–Crippen MR) is 63.3 cm³/mol. The summed E-state index contributed by atoms with van der Waals surface area (Å²) in [6.45, 7) is 0. The van der Waals surface area contributed by atoms with E-state index in [1.807, 2.05) is 0 Å². The minimum atomic E-state index is -0.610. The summed E-state index contributed by atoms with van der Waals surface area (Å²) in [7, 11) is 1.55. The van der Waals surface area contributed by atoms with E-state index in [0.717, 1.165) is 6.33 Å². The Morgan fingerprint density at radius 1 is 1.29 bits per heavy atom. The molecule has 1 heterocycles. The van der Waals surface area contributed by atoms with Gasteiger partial charge in [-0.05, 0) is 12.1 Å². The molecule has 17 heavy (non-hydrogen) atoms. The Hall–Kier alpha value is -1.88. The smallest absolute Gasteiger partial charge is 0.218 e. The summed E-state index contributed by atoms with van der Waals surface area (Å²) in [5, 5.41) is 3.38. The summed E-state index contributed by atoms with van der Waals surface area (Å²) in [6.07, 6.45) is 1.13. The Kier molecular flexibility index (Phi) is 3.39. The van der Waals surface area contributed by atoms with E-state index in [2.05, 4.69) is 15.3 Å². The second kappa shape index (κ2) is 4.97. The van der Waals surface area contributed by atoms with Crippen molar-refractivity contribution >= 4 is 23.1 Å². The van der Waals surface area contributed by atoms with E-state index in [1.165, 1.54) is 6.07 Å². The van der Waals surface area contributed by atoms with Crippen LogP contribution >= 0.6 is 11.6 Å². The van der Waals surface area contributed by atoms with Crippen molar-refractivity contribution in [1.29, 1.82) is 0 Å². The van der Waals surface area contributed by atoms with Gasteiger partial charge < -0.3 is 10.1 Å². The summed E-state index contributed by atoms with van der Waals surface area (Å²) < 4.78 is 17.9. The number of nitrogens with zero attached hydrogens (tertiary/aromatic N) is 2. The molecular weight excluding hydrogens is 245 g/mol. The molecule has 0 bridgehead atoms. The lowest BCUT2D eigenvalue weighted by atomic mass is 10.3. The summed E-state index contributed by atoms with van der Waals surface area (Å²) in [4.78, 5) is 7.23. The van der Waals surface area contributed by atoms with E-state index in [0.29, 0.717) is 22.3 Å². The van der Waals surface area contributed by atoms with E-state index < -0.39 is 5.95 Å². The van der Waals surface area contributed by atoms with Gasteiger partial charge >= 0.3 is 0 Å². The molecule has 0 aliphatic heterocycles. The van der Waals surface area contributed by atoms with Crippen LogP contribution in [0, 0.1) is 5.95 Å². The maximum absolute atomic E-state index is 12.9. The molecule has 0 saturated heterocycles. The number of anilines is 2. The van der Waals surface area contributed by atoms with Crippen LogP contribution in [0.1, 0.15) is 0 Å². The van der Waals surface area contributed by atoms with Crippen molar-refractivity contribution in [3.8, 4) is 5.75 Å². The molecule has 88 valence electrons. The molecule has 0 saturated carbocycles. The molecule has 0 aliphatic rings. The SMILES string of the molecule is COc1ccc(Cl)c(Nc2cc(F)ncn2)c1. The van der Waals surface area contributed by atoms with Crippen LogP contribution in [0.25, 0.3) is 0 Å². The predicted octanol–water partition coefficient (Wildman–Crippen LogP) is 3.02. The van der Waals surface area contributed by atoms with E-state index >= 15 is 0 Å². The first-order valence-electron chi connectivity index (χ1n) is 4.77. The second-order valence-corrected chi connectivity index (χ2v) is 3.60. The number of methoxy groups -OCH3 is 1. The summed E-state index contributed by atoms with van der Waals surface area (Å²) >= 11 is 5.99. The number of hydrogen-bond donors (Lipinski definition) is 1. The zero-order chi connectivity index (χ0) is 12.3. The van der Waals surface area contributed by atoms with Crippen molar-refractivity contribution in [3.05, 3.63) is 41.6 Å². The largest absolute Gasteiger partial charge is 0.497 e. The minimum absolute atomic E-state index is 0.327. The lowest BCUT2D eigenvalue weighted by molar-refractivity contribution is 0.415. The maximum atomic E-state index is 12.9. The molecule has 2 rings (SSSR count). The highest BCUT2D eigenvalue weighted by Gasteiger charge is 2.04. The number of hydrogen-bond acceptors (Lipinski definition) is 4. The van der Waals surface area contributed by atoms with Gasteiger partial charge in [-0.1, -0.05) is 11.6 Å². The van der Waals surface area contributed by atoms with Gasteiger partial charge in [-0.3, -0.25) is 0 Å². The highest BCUT2D eigenvalue weighted by molar-refractivity contribution is 6.33. The molecule has 1 N–H and O–H groups in total. The van der Waals surface area contributed by atoms with Crippen LogP contribution in [0.2, 0.25) is 5.02 Å². The number of nitrogens with one attached hydrogen (secondary N) is 1. The van der Waals surface area contributed by atoms with Gasteiger partial charge in [0.15, 0.2) is 0 Å². The molecule has 0 unspecified atom stereocenters. The number of benzene rings is 1. The Morgan fingerprint density at radius 3 is 2.82 bits per heavy atom. The fraction of sp³-hybridized carbons (Fsp3) is 0.0909. The van der Waals surface area contributed by atoms with Gasteiger partial charge in [0.1, 0.15) is 17.9 Å². The van der Waals surface area contributed by atoms with Crippen LogP contribution in [0.4, 0.5) is 15.9 Å². The van der Waals surface area contributed by atoms with Gasteiger partial charge in [-0.15, -0.1) is 0 Å². The normalized spacial score (nSPS) is 10.1. The number of aromatic nitrogens is 2. The van der Waals surface area contributed by atoms with Crippen LogP contribution in [0.15, 0.2) is 30.6 Å². The minimum Gasteiger partial charge on any atom is -0.497 e. The standard InChI is InChI=1S/C11H9ClFN3O/c1-17-7-2-3-8(12)9(4-7)16-11-5-10(13)14-6-15-11/h2-6H,1H3,(H,14,15,16). The summed E-state index contributed by atoms with van der Waals surface area (Å²) in [5.41, 5.74) is 0.587. The third-order valence-electron chi connectivity index (χ3n) is 2.07. The highest BCUT2D eigenvalue weighted by atomic mass is 35.5. The summed E-state index contributed by atoms with van der Waals surface area (Å²) in [6, 6.07) is 6.28. The van der Waals surface area contributed by atoms with Crippen LogP contribution in [0.5, 0.6) is 5.75 Å². The van der Waals surface area contributed by atoms with Gasteiger partial charge in [0.2, 0.25) is 5.95 Å². The van der Waals surface area contributed by atoms with Crippen LogP contribution in [0.3, 0.4) is 0 Å². The highest BCUT2D eigenvalue weighted by Crippen LogP contribution is 2.28. The zero-order valence-electron chi connectivity index (χ0n) is 8.95. The molecule has 0 fully saturated rings. The molecule has 2 aromatic rings. The van der Waals surface area contributed by atoms with Gasteiger partial charge in [0, 0.05) is 12.1 Å². The van der Waals surface area contributed by atoms with Gasteiger partial charge in [-0.2, -0.15) is 4.39 Å². The van der Waals surface area contributed by atoms with Crippen molar-refractivity contribution < 1.29 is 9.13 Å². The third kappa shape index (κ3) is 2.82. The van der Waals surface area contributed by atoms with E-state index in [-0.39, 0.29) is 0 Å². The van der Waals surface area contributed by atoms with Crippen molar-refractivity contribution in [2.75, 3.05) is 12.4 Å². The first kappa shape index (κ1) is 11.6. The Bertz CT molecular complexity index is 536. The Labute approximate surface area is 102 Å². The van der Waals surface area contributed by atoms with Crippen molar-refractivity contribution in [3.63, 3.8) is 0 Å². The summed E-state index contributed by atoms with van der Waals surface area (Å²) in [5.74, 6) is 0.362. The van der Waals surface area contributed by atoms with Crippen molar-refractivity contribution in [2.24, 2.45) is 0 Å². The first-order chi connectivity index (χ1) is 8.19. The molecule has 0 spiro atoms. The lowest BCUT2D eigenvalue weighted by Gasteiger charge is -2.09. The van der Waals surface area contributed by atoms with Crippen molar-refractivity contribution in [1.82, 2.24) is 9.97 Å². The molecule has 0 amide bonds. The third-order valence-corrected chi connectivity index (χ3v) is 2.40. The molecule has 0 aliphatic carbocycles. The molecule has 1 aromatic heterocycles. The second-order valence-electron chi connectivity index (χ2n) is 3.20. The van der Waals surface area contributed by atoms with Crippen LogP contribution in [-0.2, 0) is 0 Å². The Morgan fingerprint density at radius 2 is 2.12 bits per heavy atom. The fourth-order valence-electron chi connectivity index (χ4n) is 1.27. The Balaban J connectivity index is 2.29. The number of ether oxygens (including phenoxy) is 1. The fourth-order valence-corrected chi connectivity index (χ4v) is 1.43. The maximum Gasteiger partial charge on any atom is 0.218 e. The molecule has 1 aromatic carbocycles. The van der Waals surface area contributed by atoms with E-state index in [4.69, 9.17) is 16.3 Å². The quantitative estimate of drug-likeness (QED) is 0.854. The van der Waals surface area contributed by atoms with Crippen LogP contribution in [-0.4, -0.2) is 17.1 Å². The van der Waals surface area contributed by atoms with Gasteiger partial charge in [-0.25, -0.2) is 9.97 Å². The van der Waals surface area contributed by atoms with Gasteiger partial charge in [0.05, 0.1) is 17.8 Å². The average Bonchev–Trinajstić information content (AvgIpc) is 2.32. The molecule has 6 heteroatoms. The van der Waals surface area contributed by atoms with E-state index in [9.17, 15) is 4.39 Å². The van der Waals surface area contributed by atoms with Gasteiger partial charge in [0.25, 0.3) is 0 Å². The zero-order valence-corrected chi connectivity index (χ0v) is 9.70. The molecule has 4 nitrogen and oxygen atoms in total. The number of rotatable bonds is 3. The van der Waals surface area contributed by atoms with Crippen molar-refractivity contribution in [2.45, 2.75) is 0 Å². The number of halogens is 2. The average molecular weight is 254 g/mol.